The molecule has 1 N–H and O–H groups in total. The summed E-state index contributed by atoms with van der Waals surface area (Å²) in [7, 11) is 0. The molecule has 1 aliphatic heterocycles. The van der Waals surface area contributed by atoms with E-state index < -0.39 is 12.5 Å². The number of rotatable bonds is 3. The fourth-order valence-corrected chi connectivity index (χ4v) is 2.00. The van der Waals surface area contributed by atoms with Crippen LogP contribution in [-0.4, -0.2) is 37.0 Å². The van der Waals surface area contributed by atoms with Gasteiger partial charge in [-0.2, -0.15) is 0 Å². The van der Waals surface area contributed by atoms with E-state index in [1.807, 2.05) is 30.3 Å². The van der Waals surface area contributed by atoms with Gasteiger partial charge in [-0.1, -0.05) is 30.3 Å². The van der Waals surface area contributed by atoms with Gasteiger partial charge in [-0.15, -0.1) is 0 Å². The zero-order valence-electron chi connectivity index (χ0n) is 9.07. The minimum Gasteiger partial charge on any atom is -0.307 e. The largest absolute Gasteiger partial charge is 0.307 e. The zero-order valence-corrected chi connectivity index (χ0v) is 9.07. The molecule has 16 heavy (non-hydrogen) atoms. The number of hydrogen-bond acceptors (Lipinski definition) is 2. The summed E-state index contributed by atoms with van der Waals surface area (Å²) in [6, 6.07) is 9.28. The minimum absolute atomic E-state index is 0.423. The monoisotopic (exact) mass is 226 g/mol. The maximum atomic E-state index is 12.5. The second kappa shape index (κ2) is 5.37. The van der Waals surface area contributed by atoms with Gasteiger partial charge >= 0.3 is 0 Å². The zero-order chi connectivity index (χ0) is 11.4. The summed E-state index contributed by atoms with van der Waals surface area (Å²) < 4.78 is 25.1. The van der Waals surface area contributed by atoms with E-state index in [4.69, 9.17) is 0 Å². The van der Waals surface area contributed by atoms with E-state index in [1.54, 1.807) is 0 Å². The molecule has 1 heterocycles. The van der Waals surface area contributed by atoms with E-state index in [-0.39, 0.29) is 0 Å². The lowest BCUT2D eigenvalue weighted by Gasteiger charge is -2.33. The predicted molar refractivity (Wildman–Crippen MR) is 59.5 cm³/mol. The van der Waals surface area contributed by atoms with Crippen LogP contribution in [0.1, 0.15) is 5.56 Å². The molecule has 1 atom stereocenters. The molecule has 4 heteroatoms. The number of benzene rings is 1. The number of halogens is 2. The summed E-state index contributed by atoms with van der Waals surface area (Å²) >= 11 is 0. The van der Waals surface area contributed by atoms with Crippen LogP contribution in [0, 0.1) is 0 Å². The average Bonchev–Trinajstić information content (AvgIpc) is 2.30. The highest BCUT2D eigenvalue weighted by atomic mass is 19.3. The Morgan fingerprint density at radius 1 is 1.31 bits per heavy atom. The van der Waals surface area contributed by atoms with Crippen LogP contribution < -0.4 is 5.32 Å². The third kappa shape index (κ3) is 3.00. The van der Waals surface area contributed by atoms with Crippen molar-refractivity contribution in [2.24, 2.45) is 0 Å². The molecule has 88 valence electrons. The van der Waals surface area contributed by atoms with Crippen molar-refractivity contribution in [3.63, 3.8) is 0 Å². The molecule has 1 aliphatic rings. The molecule has 2 rings (SSSR count). The Hall–Kier alpha value is -1.00. The van der Waals surface area contributed by atoms with E-state index in [0.29, 0.717) is 13.1 Å². The third-order valence-electron chi connectivity index (χ3n) is 2.84. The molecule has 1 unspecified atom stereocenters. The first-order valence-corrected chi connectivity index (χ1v) is 5.53. The van der Waals surface area contributed by atoms with Crippen molar-refractivity contribution in [1.29, 1.82) is 0 Å². The molecule has 0 amide bonds. The SMILES string of the molecule is FC(F)C1CN(Cc2ccccc2)CCN1. The molecular formula is C12H16F2N2. The highest BCUT2D eigenvalue weighted by Gasteiger charge is 2.26. The summed E-state index contributed by atoms with van der Waals surface area (Å²) in [5.41, 5.74) is 1.18. The van der Waals surface area contributed by atoms with Crippen molar-refractivity contribution < 1.29 is 8.78 Å². The first kappa shape index (κ1) is 11.5. The Balaban J connectivity index is 1.90. The molecule has 1 aromatic carbocycles. The van der Waals surface area contributed by atoms with Crippen LogP contribution in [0.5, 0.6) is 0 Å². The summed E-state index contributed by atoms with van der Waals surface area (Å²) in [6.07, 6.45) is -2.28. The molecule has 1 fully saturated rings. The quantitative estimate of drug-likeness (QED) is 0.844. The highest BCUT2D eigenvalue weighted by Crippen LogP contribution is 2.11. The van der Waals surface area contributed by atoms with Crippen LogP contribution in [0.25, 0.3) is 0 Å². The van der Waals surface area contributed by atoms with Gasteiger partial charge in [-0.25, -0.2) is 8.78 Å². The molecule has 0 aliphatic carbocycles. The van der Waals surface area contributed by atoms with Gasteiger partial charge in [0.2, 0.25) is 0 Å². The standard InChI is InChI=1S/C12H16F2N2/c13-12(14)11-9-16(7-6-15-11)8-10-4-2-1-3-5-10/h1-5,11-12,15H,6-9H2. The van der Waals surface area contributed by atoms with Crippen molar-refractivity contribution in [2.45, 2.75) is 19.0 Å². The van der Waals surface area contributed by atoms with Gasteiger partial charge < -0.3 is 5.32 Å². The average molecular weight is 226 g/mol. The smallest absolute Gasteiger partial charge is 0.254 e. The van der Waals surface area contributed by atoms with E-state index in [0.717, 1.165) is 13.1 Å². The normalized spacial score (nSPS) is 22.6. The summed E-state index contributed by atoms with van der Waals surface area (Å²) in [5.74, 6) is 0. The van der Waals surface area contributed by atoms with E-state index in [9.17, 15) is 8.78 Å². The van der Waals surface area contributed by atoms with Crippen molar-refractivity contribution in [2.75, 3.05) is 19.6 Å². The molecule has 0 bridgehead atoms. The van der Waals surface area contributed by atoms with Crippen LogP contribution in [0.15, 0.2) is 30.3 Å². The van der Waals surface area contributed by atoms with Gasteiger partial charge in [0.25, 0.3) is 6.43 Å². The van der Waals surface area contributed by atoms with Gasteiger partial charge in [0.05, 0.1) is 6.04 Å². The van der Waals surface area contributed by atoms with Gasteiger partial charge in [-0.3, -0.25) is 4.90 Å². The van der Waals surface area contributed by atoms with Gasteiger partial charge in [0, 0.05) is 26.2 Å². The molecule has 0 saturated carbocycles. The number of nitrogens with zero attached hydrogens (tertiary/aromatic N) is 1. The van der Waals surface area contributed by atoms with E-state index in [2.05, 4.69) is 10.2 Å². The fraction of sp³-hybridized carbons (Fsp3) is 0.500. The third-order valence-corrected chi connectivity index (χ3v) is 2.84. The topological polar surface area (TPSA) is 15.3 Å². The van der Waals surface area contributed by atoms with Gasteiger partial charge in [0.15, 0.2) is 0 Å². The summed E-state index contributed by atoms with van der Waals surface area (Å²) in [5, 5.41) is 2.84. The first-order valence-electron chi connectivity index (χ1n) is 5.53. The maximum Gasteiger partial charge on any atom is 0.254 e. The van der Waals surface area contributed by atoms with Crippen LogP contribution in [0.4, 0.5) is 8.78 Å². The Morgan fingerprint density at radius 2 is 2.06 bits per heavy atom. The Labute approximate surface area is 94.3 Å². The number of hydrogen-bond donors (Lipinski definition) is 1. The predicted octanol–water partition coefficient (Wildman–Crippen LogP) is 1.73. The Kier molecular flexibility index (Phi) is 3.85. The molecular weight excluding hydrogens is 210 g/mol. The number of alkyl halides is 2. The lowest BCUT2D eigenvalue weighted by molar-refractivity contribution is 0.0545. The van der Waals surface area contributed by atoms with E-state index >= 15 is 0 Å². The van der Waals surface area contributed by atoms with E-state index in [1.165, 1.54) is 5.56 Å². The van der Waals surface area contributed by atoms with Crippen LogP contribution in [0.2, 0.25) is 0 Å². The van der Waals surface area contributed by atoms with Crippen molar-refractivity contribution in [1.82, 2.24) is 10.2 Å². The number of piperazine rings is 1. The summed E-state index contributed by atoms with van der Waals surface area (Å²) in [6.45, 7) is 2.65. The van der Waals surface area contributed by atoms with Crippen molar-refractivity contribution >= 4 is 0 Å². The fourth-order valence-electron chi connectivity index (χ4n) is 2.00. The second-order valence-electron chi connectivity index (χ2n) is 4.12. The molecule has 1 aromatic rings. The van der Waals surface area contributed by atoms with Gasteiger partial charge in [-0.05, 0) is 5.56 Å². The lowest BCUT2D eigenvalue weighted by Crippen LogP contribution is -2.53. The molecule has 0 radical (unpaired) electrons. The lowest BCUT2D eigenvalue weighted by atomic mass is 10.1. The Morgan fingerprint density at radius 3 is 2.75 bits per heavy atom. The molecule has 1 saturated heterocycles. The van der Waals surface area contributed by atoms with Crippen molar-refractivity contribution in [3.8, 4) is 0 Å². The molecule has 0 spiro atoms. The van der Waals surface area contributed by atoms with Gasteiger partial charge in [0.1, 0.15) is 0 Å². The first-order chi connectivity index (χ1) is 7.75. The summed E-state index contributed by atoms with van der Waals surface area (Å²) in [4.78, 5) is 2.07. The van der Waals surface area contributed by atoms with Crippen LogP contribution in [-0.2, 0) is 6.54 Å². The molecule has 0 aromatic heterocycles. The second-order valence-corrected chi connectivity index (χ2v) is 4.12. The maximum absolute atomic E-state index is 12.5. The Bertz CT molecular complexity index is 316. The van der Waals surface area contributed by atoms with Crippen LogP contribution in [0.3, 0.4) is 0 Å². The van der Waals surface area contributed by atoms with Crippen molar-refractivity contribution in [3.05, 3.63) is 35.9 Å². The molecule has 2 nitrogen and oxygen atoms in total. The minimum atomic E-state index is -2.28. The van der Waals surface area contributed by atoms with Crippen LogP contribution >= 0.6 is 0 Å². The highest BCUT2D eigenvalue weighted by molar-refractivity contribution is 5.14. The number of nitrogens with one attached hydrogen (secondary N) is 1.